The van der Waals surface area contributed by atoms with Gasteiger partial charge in [-0.15, -0.1) is 11.8 Å². The molecule has 0 radical (unpaired) electrons. The van der Waals surface area contributed by atoms with E-state index in [2.05, 4.69) is 31.2 Å². The molecule has 2 rings (SSSR count). The average Bonchev–Trinajstić information content (AvgIpc) is 2.57. The van der Waals surface area contributed by atoms with Crippen molar-refractivity contribution in [2.24, 2.45) is 5.92 Å². The lowest BCUT2D eigenvalue weighted by molar-refractivity contribution is -0.151. The monoisotopic (exact) mass is 335 g/mol. The number of nitrogens with zero attached hydrogens (tertiary/aromatic N) is 1. The number of thioether (sulfide) groups is 1. The number of benzene rings is 1. The van der Waals surface area contributed by atoms with Crippen LogP contribution in [0.5, 0.6) is 0 Å². The Labute approximate surface area is 142 Å². The second-order valence-corrected chi connectivity index (χ2v) is 6.89. The predicted molar refractivity (Wildman–Crippen MR) is 93.3 cm³/mol. The Morgan fingerprint density at radius 1 is 1.30 bits per heavy atom. The zero-order valence-corrected chi connectivity index (χ0v) is 14.7. The standard InChI is InChI=1S/C18H25NO3S/c1-3-22-18(21)16-5-4-10-19(11-16)17(20)13-23-12-15-8-6-14(2)7-9-15/h6-9,16H,3-5,10-13H2,1-2H3. The van der Waals surface area contributed by atoms with Gasteiger partial charge in [0, 0.05) is 18.8 Å². The lowest BCUT2D eigenvalue weighted by Gasteiger charge is -2.31. The van der Waals surface area contributed by atoms with E-state index in [1.165, 1.54) is 11.1 Å². The summed E-state index contributed by atoms with van der Waals surface area (Å²) < 4.78 is 5.08. The highest BCUT2D eigenvalue weighted by atomic mass is 32.2. The van der Waals surface area contributed by atoms with Gasteiger partial charge in [-0.2, -0.15) is 0 Å². The summed E-state index contributed by atoms with van der Waals surface area (Å²) >= 11 is 1.63. The number of piperidine rings is 1. The maximum Gasteiger partial charge on any atom is 0.310 e. The number of hydrogen-bond donors (Lipinski definition) is 0. The number of amides is 1. The normalized spacial score (nSPS) is 17.8. The van der Waals surface area contributed by atoms with Gasteiger partial charge in [-0.3, -0.25) is 9.59 Å². The van der Waals surface area contributed by atoms with Crippen LogP contribution in [0.1, 0.15) is 30.9 Å². The second-order valence-electron chi connectivity index (χ2n) is 5.91. The fourth-order valence-electron chi connectivity index (χ4n) is 2.69. The van der Waals surface area contributed by atoms with Gasteiger partial charge in [0.15, 0.2) is 0 Å². The van der Waals surface area contributed by atoms with Crippen LogP contribution >= 0.6 is 11.8 Å². The molecule has 1 aromatic carbocycles. The van der Waals surface area contributed by atoms with E-state index < -0.39 is 0 Å². The van der Waals surface area contributed by atoms with Crippen molar-refractivity contribution in [2.75, 3.05) is 25.4 Å². The first-order valence-corrected chi connectivity index (χ1v) is 9.33. The van der Waals surface area contributed by atoms with Crippen LogP contribution in [0.3, 0.4) is 0 Å². The summed E-state index contributed by atoms with van der Waals surface area (Å²) in [5.74, 6) is 1.09. The molecule has 0 spiro atoms. The molecule has 1 unspecified atom stereocenters. The summed E-state index contributed by atoms with van der Waals surface area (Å²) in [6, 6.07) is 8.38. The lowest BCUT2D eigenvalue weighted by atomic mass is 9.98. The van der Waals surface area contributed by atoms with E-state index in [0.29, 0.717) is 18.9 Å². The average molecular weight is 335 g/mol. The molecule has 0 aliphatic carbocycles. The summed E-state index contributed by atoms with van der Waals surface area (Å²) in [4.78, 5) is 26.0. The molecule has 0 N–H and O–H groups in total. The van der Waals surface area contributed by atoms with Crippen LogP contribution in [-0.4, -0.2) is 42.2 Å². The van der Waals surface area contributed by atoms with Gasteiger partial charge in [-0.25, -0.2) is 0 Å². The molecule has 0 bridgehead atoms. The highest BCUT2D eigenvalue weighted by Gasteiger charge is 2.29. The molecule has 1 fully saturated rings. The van der Waals surface area contributed by atoms with E-state index >= 15 is 0 Å². The molecule has 23 heavy (non-hydrogen) atoms. The smallest absolute Gasteiger partial charge is 0.310 e. The molecular weight excluding hydrogens is 310 g/mol. The molecule has 1 heterocycles. The molecule has 126 valence electrons. The minimum absolute atomic E-state index is 0.121. The van der Waals surface area contributed by atoms with E-state index in [1.54, 1.807) is 11.8 Å². The Hall–Kier alpha value is -1.49. The third-order valence-electron chi connectivity index (χ3n) is 4.01. The van der Waals surface area contributed by atoms with Gasteiger partial charge in [-0.05, 0) is 32.3 Å². The molecule has 1 atom stereocenters. The zero-order valence-electron chi connectivity index (χ0n) is 13.9. The molecule has 0 aromatic heterocycles. The first-order chi connectivity index (χ1) is 11.1. The zero-order chi connectivity index (χ0) is 16.7. The van der Waals surface area contributed by atoms with Crippen molar-refractivity contribution in [2.45, 2.75) is 32.4 Å². The number of carbonyl (C=O) groups is 2. The maximum atomic E-state index is 12.3. The first kappa shape index (κ1) is 17.9. The quantitative estimate of drug-likeness (QED) is 0.750. The van der Waals surface area contributed by atoms with E-state index in [4.69, 9.17) is 4.74 Å². The van der Waals surface area contributed by atoms with Gasteiger partial charge in [-0.1, -0.05) is 29.8 Å². The fraction of sp³-hybridized carbons (Fsp3) is 0.556. The van der Waals surface area contributed by atoms with Crippen LogP contribution in [-0.2, 0) is 20.1 Å². The van der Waals surface area contributed by atoms with Crippen LogP contribution in [0, 0.1) is 12.8 Å². The highest BCUT2D eigenvalue weighted by molar-refractivity contribution is 7.99. The number of rotatable bonds is 6. The van der Waals surface area contributed by atoms with Gasteiger partial charge < -0.3 is 9.64 Å². The SMILES string of the molecule is CCOC(=O)C1CCCN(C(=O)CSCc2ccc(C)cc2)C1. The number of carbonyl (C=O) groups excluding carboxylic acids is 2. The predicted octanol–water partition coefficient (Wildman–Crippen LogP) is 3.03. The molecule has 1 amide bonds. The Bertz CT molecular complexity index is 530. The van der Waals surface area contributed by atoms with Gasteiger partial charge >= 0.3 is 5.97 Å². The largest absolute Gasteiger partial charge is 0.466 e. The van der Waals surface area contributed by atoms with Gasteiger partial charge in [0.1, 0.15) is 0 Å². The van der Waals surface area contributed by atoms with Crippen molar-refractivity contribution >= 4 is 23.6 Å². The molecule has 1 aliphatic heterocycles. The molecule has 1 aliphatic rings. The van der Waals surface area contributed by atoms with Gasteiger partial charge in [0.2, 0.25) is 5.91 Å². The second kappa shape index (κ2) is 8.96. The van der Waals surface area contributed by atoms with Crippen molar-refractivity contribution in [3.63, 3.8) is 0 Å². The molecule has 4 nitrogen and oxygen atoms in total. The lowest BCUT2D eigenvalue weighted by Crippen LogP contribution is -2.43. The molecule has 0 saturated carbocycles. The minimum Gasteiger partial charge on any atom is -0.466 e. The Morgan fingerprint density at radius 3 is 2.74 bits per heavy atom. The van der Waals surface area contributed by atoms with Crippen LogP contribution in [0.15, 0.2) is 24.3 Å². The van der Waals surface area contributed by atoms with Crippen LogP contribution in [0.4, 0.5) is 0 Å². The summed E-state index contributed by atoms with van der Waals surface area (Å²) in [5, 5.41) is 0. The van der Waals surface area contributed by atoms with Crippen molar-refractivity contribution in [3.8, 4) is 0 Å². The van der Waals surface area contributed by atoms with E-state index in [0.717, 1.165) is 25.1 Å². The number of hydrogen-bond acceptors (Lipinski definition) is 4. The minimum atomic E-state index is -0.169. The van der Waals surface area contributed by atoms with E-state index in [1.807, 2.05) is 11.8 Å². The Balaban J connectivity index is 1.76. The van der Waals surface area contributed by atoms with Crippen LogP contribution < -0.4 is 0 Å². The van der Waals surface area contributed by atoms with E-state index in [9.17, 15) is 9.59 Å². The van der Waals surface area contributed by atoms with E-state index in [-0.39, 0.29) is 17.8 Å². The summed E-state index contributed by atoms with van der Waals surface area (Å²) in [5.41, 5.74) is 2.48. The number of likely N-dealkylation sites (tertiary alicyclic amines) is 1. The molecule has 5 heteroatoms. The number of aryl methyl sites for hydroxylation is 1. The Kier molecular flexibility index (Phi) is 6.96. The van der Waals surface area contributed by atoms with Crippen LogP contribution in [0.25, 0.3) is 0 Å². The van der Waals surface area contributed by atoms with Crippen molar-refractivity contribution in [3.05, 3.63) is 35.4 Å². The number of ether oxygens (including phenoxy) is 1. The fourth-order valence-corrected chi connectivity index (χ4v) is 3.58. The first-order valence-electron chi connectivity index (χ1n) is 8.18. The Morgan fingerprint density at radius 2 is 2.04 bits per heavy atom. The number of esters is 1. The summed E-state index contributed by atoms with van der Waals surface area (Å²) in [6.45, 7) is 5.53. The summed E-state index contributed by atoms with van der Waals surface area (Å²) in [6.07, 6.45) is 1.69. The van der Waals surface area contributed by atoms with Crippen LogP contribution in [0.2, 0.25) is 0 Å². The molecule has 1 saturated heterocycles. The maximum absolute atomic E-state index is 12.3. The topological polar surface area (TPSA) is 46.6 Å². The van der Waals surface area contributed by atoms with Crippen molar-refractivity contribution in [1.82, 2.24) is 4.90 Å². The highest BCUT2D eigenvalue weighted by Crippen LogP contribution is 2.20. The van der Waals surface area contributed by atoms with Crippen molar-refractivity contribution in [1.29, 1.82) is 0 Å². The summed E-state index contributed by atoms with van der Waals surface area (Å²) in [7, 11) is 0. The third-order valence-corrected chi connectivity index (χ3v) is 5.00. The molecule has 1 aromatic rings. The third kappa shape index (κ3) is 5.57. The van der Waals surface area contributed by atoms with Crippen molar-refractivity contribution < 1.29 is 14.3 Å². The molecular formula is C18H25NO3S. The van der Waals surface area contributed by atoms with Gasteiger partial charge in [0.05, 0.1) is 18.3 Å². The van der Waals surface area contributed by atoms with Gasteiger partial charge in [0.25, 0.3) is 0 Å².